The Morgan fingerprint density at radius 3 is 2.81 bits per heavy atom. The summed E-state index contributed by atoms with van der Waals surface area (Å²) in [6.45, 7) is 5.73. The van der Waals surface area contributed by atoms with Crippen LogP contribution >= 0.6 is 11.6 Å². The van der Waals surface area contributed by atoms with Gasteiger partial charge in [0, 0.05) is 24.4 Å². The molecule has 2 rings (SSSR count). The Kier molecular flexibility index (Phi) is 5.53. The molecular weight excluding hydrogens is 291 g/mol. The van der Waals surface area contributed by atoms with Gasteiger partial charge in [0.05, 0.1) is 5.02 Å². The Morgan fingerprint density at radius 1 is 1.29 bits per heavy atom. The molecule has 0 fully saturated rings. The zero-order chi connectivity index (χ0) is 15.2. The van der Waals surface area contributed by atoms with Crippen molar-refractivity contribution < 1.29 is 9.13 Å². The lowest BCUT2D eigenvalue weighted by molar-refractivity contribution is 0.455. The molecule has 0 aliphatic rings. The standard InChI is InChI=1S/C16H18ClFN2O/c1-3-6-19-10-12-7-11(2)20-16(8-12)21-13-4-5-14(17)15(18)9-13/h4-5,7-9,19H,3,6,10H2,1-2H3. The van der Waals surface area contributed by atoms with Crippen molar-refractivity contribution in [2.75, 3.05) is 6.54 Å². The molecule has 0 saturated carbocycles. The van der Waals surface area contributed by atoms with Crippen LogP contribution in [0.2, 0.25) is 5.02 Å². The van der Waals surface area contributed by atoms with Gasteiger partial charge in [-0.25, -0.2) is 9.37 Å². The number of hydrogen-bond acceptors (Lipinski definition) is 3. The van der Waals surface area contributed by atoms with Crippen LogP contribution in [0.1, 0.15) is 24.6 Å². The monoisotopic (exact) mass is 308 g/mol. The highest BCUT2D eigenvalue weighted by molar-refractivity contribution is 6.30. The van der Waals surface area contributed by atoms with E-state index >= 15 is 0 Å². The van der Waals surface area contributed by atoms with E-state index in [2.05, 4.69) is 17.2 Å². The van der Waals surface area contributed by atoms with Crippen LogP contribution in [0, 0.1) is 12.7 Å². The summed E-state index contributed by atoms with van der Waals surface area (Å²) in [5.74, 6) is 0.319. The largest absolute Gasteiger partial charge is 0.439 e. The summed E-state index contributed by atoms with van der Waals surface area (Å²) < 4.78 is 19.0. The molecule has 0 unspecified atom stereocenters. The molecule has 0 radical (unpaired) electrons. The third-order valence-electron chi connectivity index (χ3n) is 2.86. The first kappa shape index (κ1) is 15.7. The van der Waals surface area contributed by atoms with E-state index in [0.717, 1.165) is 30.8 Å². The number of aryl methyl sites for hydroxylation is 1. The van der Waals surface area contributed by atoms with Crippen LogP contribution in [-0.4, -0.2) is 11.5 Å². The van der Waals surface area contributed by atoms with Gasteiger partial charge < -0.3 is 10.1 Å². The lowest BCUT2D eigenvalue weighted by Crippen LogP contribution is -2.14. The van der Waals surface area contributed by atoms with Crippen molar-refractivity contribution in [2.24, 2.45) is 0 Å². The van der Waals surface area contributed by atoms with Crippen LogP contribution < -0.4 is 10.1 Å². The number of nitrogens with zero attached hydrogens (tertiary/aromatic N) is 1. The second kappa shape index (κ2) is 7.38. The highest BCUT2D eigenvalue weighted by atomic mass is 35.5. The fourth-order valence-corrected chi connectivity index (χ4v) is 2.05. The highest BCUT2D eigenvalue weighted by Crippen LogP contribution is 2.25. The quantitative estimate of drug-likeness (QED) is 0.799. The van der Waals surface area contributed by atoms with Crippen LogP contribution in [0.4, 0.5) is 4.39 Å². The summed E-state index contributed by atoms with van der Waals surface area (Å²) in [6.07, 6.45) is 1.08. The molecule has 1 heterocycles. The molecule has 1 N–H and O–H groups in total. The maximum absolute atomic E-state index is 13.4. The van der Waals surface area contributed by atoms with Gasteiger partial charge >= 0.3 is 0 Å². The second-order valence-electron chi connectivity index (χ2n) is 4.81. The van der Waals surface area contributed by atoms with E-state index in [0.29, 0.717) is 11.6 Å². The highest BCUT2D eigenvalue weighted by Gasteiger charge is 2.06. The minimum atomic E-state index is -0.508. The van der Waals surface area contributed by atoms with Gasteiger partial charge in [-0.3, -0.25) is 0 Å². The van der Waals surface area contributed by atoms with Crippen molar-refractivity contribution in [2.45, 2.75) is 26.8 Å². The van der Waals surface area contributed by atoms with E-state index < -0.39 is 5.82 Å². The van der Waals surface area contributed by atoms with E-state index in [1.165, 1.54) is 12.1 Å². The molecule has 1 aromatic heterocycles. The molecule has 21 heavy (non-hydrogen) atoms. The normalized spacial score (nSPS) is 10.7. The van der Waals surface area contributed by atoms with Crippen LogP contribution in [0.15, 0.2) is 30.3 Å². The third-order valence-corrected chi connectivity index (χ3v) is 3.17. The molecule has 0 spiro atoms. The van der Waals surface area contributed by atoms with E-state index in [1.807, 2.05) is 19.1 Å². The molecule has 0 aliphatic heterocycles. The molecule has 0 saturated heterocycles. The molecule has 1 aromatic carbocycles. The number of rotatable bonds is 6. The number of aromatic nitrogens is 1. The van der Waals surface area contributed by atoms with Crippen LogP contribution in [0.5, 0.6) is 11.6 Å². The number of pyridine rings is 1. The summed E-state index contributed by atoms with van der Waals surface area (Å²) in [6, 6.07) is 8.18. The fraction of sp³-hybridized carbons (Fsp3) is 0.312. The van der Waals surface area contributed by atoms with E-state index in [9.17, 15) is 4.39 Å². The molecule has 2 aromatic rings. The second-order valence-corrected chi connectivity index (χ2v) is 5.22. The summed E-state index contributed by atoms with van der Waals surface area (Å²) in [7, 11) is 0. The van der Waals surface area contributed by atoms with Crippen molar-refractivity contribution in [3.63, 3.8) is 0 Å². The van der Waals surface area contributed by atoms with Gasteiger partial charge in [-0.15, -0.1) is 0 Å². The first-order valence-electron chi connectivity index (χ1n) is 6.89. The van der Waals surface area contributed by atoms with Crippen molar-refractivity contribution in [3.8, 4) is 11.6 Å². The van der Waals surface area contributed by atoms with Crippen molar-refractivity contribution in [1.29, 1.82) is 0 Å². The maximum atomic E-state index is 13.4. The number of hydrogen-bond donors (Lipinski definition) is 1. The number of ether oxygens (including phenoxy) is 1. The summed E-state index contributed by atoms with van der Waals surface area (Å²) in [5.41, 5.74) is 1.94. The Balaban J connectivity index is 2.13. The first-order valence-corrected chi connectivity index (χ1v) is 7.27. The molecule has 0 amide bonds. The number of benzene rings is 1. The van der Waals surface area contributed by atoms with Gasteiger partial charge in [0.2, 0.25) is 5.88 Å². The minimum absolute atomic E-state index is 0.0732. The van der Waals surface area contributed by atoms with Crippen molar-refractivity contribution in [3.05, 3.63) is 52.4 Å². The van der Waals surface area contributed by atoms with Gasteiger partial charge in [-0.05, 0) is 43.7 Å². The van der Waals surface area contributed by atoms with E-state index in [1.54, 1.807) is 6.07 Å². The van der Waals surface area contributed by atoms with Crippen molar-refractivity contribution >= 4 is 11.6 Å². The van der Waals surface area contributed by atoms with E-state index in [-0.39, 0.29) is 5.02 Å². The average molecular weight is 309 g/mol. The van der Waals surface area contributed by atoms with Crippen molar-refractivity contribution in [1.82, 2.24) is 10.3 Å². The smallest absolute Gasteiger partial charge is 0.219 e. The van der Waals surface area contributed by atoms with E-state index in [4.69, 9.17) is 16.3 Å². The molecule has 0 atom stereocenters. The third kappa shape index (κ3) is 4.69. The lowest BCUT2D eigenvalue weighted by Gasteiger charge is -2.09. The summed E-state index contributed by atoms with van der Waals surface area (Å²) >= 11 is 5.65. The summed E-state index contributed by atoms with van der Waals surface area (Å²) in [4.78, 5) is 4.30. The summed E-state index contributed by atoms with van der Waals surface area (Å²) in [5, 5.41) is 3.40. The molecule has 0 aliphatic carbocycles. The Labute approximate surface area is 129 Å². The Bertz CT molecular complexity index is 619. The molecule has 3 nitrogen and oxygen atoms in total. The first-order chi connectivity index (χ1) is 10.1. The molecular formula is C16H18ClFN2O. The van der Waals surface area contributed by atoms with Gasteiger partial charge in [0.25, 0.3) is 0 Å². The van der Waals surface area contributed by atoms with Crippen LogP contribution in [0.3, 0.4) is 0 Å². The molecule has 0 bridgehead atoms. The van der Waals surface area contributed by atoms with Gasteiger partial charge in [-0.2, -0.15) is 0 Å². The van der Waals surface area contributed by atoms with Crippen LogP contribution in [0.25, 0.3) is 0 Å². The predicted molar refractivity (Wildman–Crippen MR) is 82.5 cm³/mol. The lowest BCUT2D eigenvalue weighted by atomic mass is 10.2. The average Bonchev–Trinajstić information content (AvgIpc) is 2.43. The Morgan fingerprint density at radius 2 is 2.10 bits per heavy atom. The molecule has 112 valence electrons. The van der Waals surface area contributed by atoms with Gasteiger partial charge in [0.15, 0.2) is 0 Å². The SMILES string of the molecule is CCCNCc1cc(C)nc(Oc2ccc(Cl)c(F)c2)c1. The number of halogens is 2. The molecule has 5 heteroatoms. The predicted octanol–water partition coefficient (Wildman–Crippen LogP) is 4.47. The Hall–Kier alpha value is -1.65. The van der Waals surface area contributed by atoms with Gasteiger partial charge in [-0.1, -0.05) is 18.5 Å². The minimum Gasteiger partial charge on any atom is -0.439 e. The number of nitrogens with one attached hydrogen (secondary N) is 1. The maximum Gasteiger partial charge on any atom is 0.219 e. The van der Waals surface area contributed by atoms with Crippen LogP contribution in [-0.2, 0) is 6.54 Å². The topological polar surface area (TPSA) is 34.2 Å². The fourth-order valence-electron chi connectivity index (χ4n) is 1.93. The zero-order valence-corrected chi connectivity index (χ0v) is 12.9. The zero-order valence-electron chi connectivity index (χ0n) is 12.1. The van der Waals surface area contributed by atoms with Gasteiger partial charge in [0.1, 0.15) is 11.6 Å².